The maximum absolute atomic E-state index is 12.2. The molecule has 20 heavy (non-hydrogen) atoms. The zero-order valence-electron chi connectivity index (χ0n) is 11.5. The van der Waals surface area contributed by atoms with E-state index in [1.54, 1.807) is 6.92 Å². The maximum atomic E-state index is 12.2. The molecule has 3 N–H and O–H groups in total. The van der Waals surface area contributed by atoms with Crippen LogP contribution in [0.1, 0.15) is 38.6 Å². The summed E-state index contributed by atoms with van der Waals surface area (Å²) >= 11 is 0. The van der Waals surface area contributed by atoms with Crippen LogP contribution in [-0.4, -0.2) is 49.8 Å². The van der Waals surface area contributed by atoms with E-state index in [9.17, 15) is 14.7 Å². The van der Waals surface area contributed by atoms with Crippen LogP contribution < -0.4 is 5.32 Å². The van der Waals surface area contributed by atoms with Gasteiger partial charge < -0.3 is 15.3 Å². The van der Waals surface area contributed by atoms with Crippen molar-refractivity contribution < 1.29 is 14.7 Å². The molecule has 0 bridgehead atoms. The second-order valence-corrected chi connectivity index (χ2v) is 5.22. The zero-order chi connectivity index (χ0) is 14.7. The predicted octanol–water partition coefficient (Wildman–Crippen LogP) is 0.760. The molecule has 3 unspecified atom stereocenters. The standard InChI is InChI=1S/C12H19N5O3/c1-7-3-4-17(9(5-7)11(18)19)12(20)15-8(2)10-13-6-14-16-10/h6-9H,3-5H2,1-2H3,(H,15,20)(H,18,19)(H,13,14,16). The number of aliphatic carboxylic acids is 1. The van der Waals surface area contributed by atoms with Crippen molar-refractivity contribution in [2.45, 2.75) is 38.8 Å². The van der Waals surface area contributed by atoms with Crippen LogP contribution in [0.3, 0.4) is 0 Å². The number of urea groups is 1. The lowest BCUT2D eigenvalue weighted by Crippen LogP contribution is -2.53. The Balaban J connectivity index is 2.01. The number of carbonyl (C=O) groups is 2. The predicted molar refractivity (Wildman–Crippen MR) is 69.9 cm³/mol. The van der Waals surface area contributed by atoms with Gasteiger partial charge in [-0.2, -0.15) is 5.10 Å². The molecule has 0 spiro atoms. The fourth-order valence-electron chi connectivity index (χ4n) is 2.38. The molecule has 3 atom stereocenters. The Morgan fingerprint density at radius 2 is 2.35 bits per heavy atom. The number of nitrogens with zero attached hydrogens (tertiary/aromatic N) is 3. The first-order chi connectivity index (χ1) is 9.49. The third-order valence-electron chi connectivity index (χ3n) is 3.59. The van der Waals surface area contributed by atoms with Crippen molar-refractivity contribution in [1.29, 1.82) is 0 Å². The SMILES string of the molecule is CC1CCN(C(=O)NC(C)c2ncn[nH]2)C(C(=O)O)C1. The van der Waals surface area contributed by atoms with E-state index in [0.717, 1.165) is 6.42 Å². The van der Waals surface area contributed by atoms with Gasteiger partial charge in [0.1, 0.15) is 18.2 Å². The molecule has 0 aliphatic carbocycles. The quantitative estimate of drug-likeness (QED) is 0.757. The van der Waals surface area contributed by atoms with E-state index in [-0.39, 0.29) is 12.1 Å². The van der Waals surface area contributed by atoms with Crippen molar-refractivity contribution in [2.24, 2.45) is 5.92 Å². The normalized spacial score (nSPS) is 24.2. The molecular formula is C12H19N5O3. The minimum absolute atomic E-state index is 0.312. The van der Waals surface area contributed by atoms with Gasteiger partial charge in [-0.25, -0.2) is 14.6 Å². The molecule has 1 aromatic heterocycles. The number of likely N-dealkylation sites (tertiary alicyclic amines) is 1. The Kier molecular flexibility index (Phi) is 4.21. The topological polar surface area (TPSA) is 111 Å². The fourth-order valence-corrected chi connectivity index (χ4v) is 2.38. The highest BCUT2D eigenvalue weighted by molar-refractivity contribution is 5.83. The van der Waals surface area contributed by atoms with E-state index >= 15 is 0 Å². The number of carbonyl (C=O) groups excluding carboxylic acids is 1. The Bertz CT molecular complexity index is 475. The third-order valence-corrected chi connectivity index (χ3v) is 3.59. The number of nitrogens with one attached hydrogen (secondary N) is 2. The summed E-state index contributed by atoms with van der Waals surface area (Å²) < 4.78 is 0. The van der Waals surface area contributed by atoms with E-state index in [0.29, 0.717) is 24.7 Å². The number of H-pyrrole nitrogens is 1. The van der Waals surface area contributed by atoms with Crippen LogP contribution in [0, 0.1) is 5.92 Å². The first kappa shape index (κ1) is 14.3. The van der Waals surface area contributed by atoms with E-state index in [2.05, 4.69) is 20.5 Å². The summed E-state index contributed by atoms with van der Waals surface area (Å²) in [5.41, 5.74) is 0. The molecule has 1 saturated heterocycles. The van der Waals surface area contributed by atoms with Gasteiger partial charge >= 0.3 is 12.0 Å². The molecule has 1 aromatic rings. The maximum Gasteiger partial charge on any atom is 0.326 e. The Morgan fingerprint density at radius 1 is 1.60 bits per heavy atom. The van der Waals surface area contributed by atoms with E-state index in [4.69, 9.17) is 0 Å². The number of carboxylic acid groups (broad SMARTS) is 1. The molecule has 1 aliphatic rings. The summed E-state index contributed by atoms with van der Waals surface area (Å²) in [5, 5.41) is 18.4. The van der Waals surface area contributed by atoms with Crippen LogP contribution >= 0.6 is 0 Å². The van der Waals surface area contributed by atoms with Crippen molar-refractivity contribution in [1.82, 2.24) is 25.4 Å². The van der Waals surface area contributed by atoms with Gasteiger partial charge in [0.15, 0.2) is 0 Å². The largest absolute Gasteiger partial charge is 0.480 e. The van der Waals surface area contributed by atoms with Crippen LogP contribution in [0.15, 0.2) is 6.33 Å². The number of hydrogen-bond acceptors (Lipinski definition) is 4. The lowest BCUT2D eigenvalue weighted by molar-refractivity contribution is -0.143. The van der Waals surface area contributed by atoms with Gasteiger partial charge in [-0.1, -0.05) is 6.92 Å². The van der Waals surface area contributed by atoms with Crippen molar-refractivity contribution in [3.63, 3.8) is 0 Å². The van der Waals surface area contributed by atoms with Gasteiger partial charge in [-0.15, -0.1) is 0 Å². The summed E-state index contributed by atoms with van der Waals surface area (Å²) in [4.78, 5) is 28.8. The average Bonchev–Trinajstić information content (AvgIpc) is 2.92. The lowest BCUT2D eigenvalue weighted by atomic mass is 9.93. The highest BCUT2D eigenvalue weighted by Gasteiger charge is 2.35. The van der Waals surface area contributed by atoms with Gasteiger partial charge in [-0.05, 0) is 25.7 Å². The lowest BCUT2D eigenvalue weighted by Gasteiger charge is -2.36. The molecule has 1 aliphatic heterocycles. The van der Waals surface area contributed by atoms with Gasteiger partial charge in [-0.3, -0.25) is 5.10 Å². The number of aromatic nitrogens is 3. The average molecular weight is 281 g/mol. The second-order valence-electron chi connectivity index (χ2n) is 5.22. The number of amides is 2. The van der Waals surface area contributed by atoms with Crippen LogP contribution in [0.25, 0.3) is 0 Å². The minimum Gasteiger partial charge on any atom is -0.480 e. The minimum atomic E-state index is -0.959. The fraction of sp³-hybridized carbons (Fsp3) is 0.667. The highest BCUT2D eigenvalue weighted by Crippen LogP contribution is 2.23. The molecule has 8 heteroatoms. The van der Waals surface area contributed by atoms with E-state index in [1.165, 1.54) is 11.2 Å². The van der Waals surface area contributed by atoms with Gasteiger partial charge in [0.25, 0.3) is 0 Å². The molecule has 2 heterocycles. The second kappa shape index (κ2) is 5.89. The van der Waals surface area contributed by atoms with Gasteiger partial charge in [0.05, 0.1) is 6.04 Å². The summed E-state index contributed by atoms with van der Waals surface area (Å²) in [6.45, 7) is 4.22. The Labute approximate surface area is 116 Å². The van der Waals surface area contributed by atoms with Gasteiger partial charge in [0, 0.05) is 6.54 Å². The molecule has 0 saturated carbocycles. The summed E-state index contributed by atoms with van der Waals surface area (Å²) in [6, 6.07) is -1.49. The monoisotopic (exact) mass is 281 g/mol. The number of rotatable bonds is 3. The smallest absolute Gasteiger partial charge is 0.326 e. The Hall–Kier alpha value is -2.12. The van der Waals surface area contributed by atoms with Crippen LogP contribution in [-0.2, 0) is 4.79 Å². The van der Waals surface area contributed by atoms with Crippen molar-refractivity contribution in [2.75, 3.05) is 6.54 Å². The first-order valence-corrected chi connectivity index (χ1v) is 6.64. The zero-order valence-corrected chi connectivity index (χ0v) is 11.5. The van der Waals surface area contributed by atoms with Crippen molar-refractivity contribution in [3.05, 3.63) is 12.2 Å². The summed E-state index contributed by atoms with van der Waals surface area (Å²) in [5.74, 6) is -0.110. The number of hydrogen-bond donors (Lipinski definition) is 3. The molecule has 1 fully saturated rings. The highest BCUT2D eigenvalue weighted by atomic mass is 16.4. The molecule has 0 radical (unpaired) electrons. The molecular weight excluding hydrogens is 262 g/mol. The van der Waals surface area contributed by atoms with E-state index < -0.39 is 12.0 Å². The van der Waals surface area contributed by atoms with Gasteiger partial charge in [0.2, 0.25) is 0 Å². The van der Waals surface area contributed by atoms with E-state index in [1.807, 2.05) is 6.92 Å². The van der Waals surface area contributed by atoms with Crippen LogP contribution in [0.4, 0.5) is 4.79 Å². The first-order valence-electron chi connectivity index (χ1n) is 6.64. The molecule has 110 valence electrons. The molecule has 2 amide bonds. The Morgan fingerprint density at radius 3 is 2.95 bits per heavy atom. The van der Waals surface area contributed by atoms with Crippen molar-refractivity contribution >= 4 is 12.0 Å². The van der Waals surface area contributed by atoms with Crippen LogP contribution in [0.2, 0.25) is 0 Å². The molecule has 2 rings (SSSR count). The number of aromatic amines is 1. The molecule has 0 aromatic carbocycles. The third kappa shape index (κ3) is 3.06. The number of piperidine rings is 1. The summed E-state index contributed by atoms with van der Waals surface area (Å²) in [7, 11) is 0. The van der Waals surface area contributed by atoms with Crippen molar-refractivity contribution in [3.8, 4) is 0 Å². The summed E-state index contributed by atoms with van der Waals surface area (Å²) in [6.07, 6.45) is 2.66. The molecule has 8 nitrogen and oxygen atoms in total. The van der Waals surface area contributed by atoms with Crippen LogP contribution in [0.5, 0.6) is 0 Å². The number of carboxylic acids is 1.